The first-order valence-electron chi connectivity index (χ1n) is 3.08. The summed E-state index contributed by atoms with van der Waals surface area (Å²) in [5, 5.41) is 11.2. The van der Waals surface area contributed by atoms with E-state index in [1.54, 1.807) is 0 Å². The predicted molar refractivity (Wildman–Crippen MR) is 29.8 cm³/mol. The molecule has 2 aliphatic rings. The molecule has 3 nitrogen and oxygen atoms in total. The van der Waals surface area contributed by atoms with Crippen molar-refractivity contribution >= 4 is 0 Å². The number of rotatable bonds is 0. The summed E-state index contributed by atoms with van der Waals surface area (Å²) in [6, 6.07) is 0. The first-order valence-corrected chi connectivity index (χ1v) is 3.08. The molecule has 0 spiro atoms. The van der Waals surface area contributed by atoms with Gasteiger partial charge in [-0.05, 0) is 0 Å². The Morgan fingerprint density at radius 3 is 2.00 bits per heavy atom. The fourth-order valence-electron chi connectivity index (χ4n) is 1.52. The van der Waals surface area contributed by atoms with E-state index in [9.17, 15) is 5.21 Å². The molecular weight excluding hydrogens is 104 g/mol. The molecule has 8 heavy (non-hydrogen) atoms. The highest BCUT2D eigenvalue weighted by Crippen LogP contribution is 2.20. The van der Waals surface area contributed by atoms with E-state index < -0.39 is 0 Å². The van der Waals surface area contributed by atoms with E-state index in [0.29, 0.717) is 0 Å². The first kappa shape index (κ1) is 4.73. The van der Waals surface area contributed by atoms with Crippen LogP contribution in [0.25, 0.3) is 0 Å². The Balaban J connectivity index is 2.19. The molecule has 2 aliphatic heterocycles. The van der Waals surface area contributed by atoms with Gasteiger partial charge in [-0.1, -0.05) is 0 Å². The lowest BCUT2D eigenvalue weighted by molar-refractivity contribution is -0.859. The molecule has 0 saturated carbocycles. The first-order chi connectivity index (χ1) is 3.79. The minimum Gasteiger partial charge on any atom is -0.632 e. The van der Waals surface area contributed by atoms with Gasteiger partial charge in [0, 0.05) is 0 Å². The Bertz CT molecular complexity index is 107. The van der Waals surface area contributed by atoms with Crippen LogP contribution < -0.4 is 0 Å². The topological polar surface area (TPSA) is 26.3 Å². The van der Waals surface area contributed by atoms with Gasteiger partial charge in [0.1, 0.15) is 6.67 Å². The van der Waals surface area contributed by atoms with Crippen molar-refractivity contribution < 1.29 is 4.65 Å². The monoisotopic (exact) mass is 114 g/mol. The van der Waals surface area contributed by atoms with Crippen LogP contribution in [-0.2, 0) is 0 Å². The Labute approximate surface area is 48.7 Å². The molecule has 0 aromatic carbocycles. The van der Waals surface area contributed by atoms with Gasteiger partial charge < -0.3 is 9.85 Å². The average molecular weight is 114 g/mol. The molecule has 0 atom stereocenters. The van der Waals surface area contributed by atoms with Crippen molar-refractivity contribution in [3.8, 4) is 0 Å². The molecule has 2 bridgehead atoms. The van der Waals surface area contributed by atoms with Gasteiger partial charge in [0.25, 0.3) is 0 Å². The van der Waals surface area contributed by atoms with Crippen molar-refractivity contribution in [1.82, 2.24) is 4.90 Å². The van der Waals surface area contributed by atoms with Gasteiger partial charge in [0.05, 0.1) is 26.2 Å². The largest absolute Gasteiger partial charge is 0.632 e. The smallest absolute Gasteiger partial charge is 0.135 e. The van der Waals surface area contributed by atoms with Gasteiger partial charge in [-0.25, -0.2) is 4.90 Å². The summed E-state index contributed by atoms with van der Waals surface area (Å²) in [5.74, 6) is 0. The summed E-state index contributed by atoms with van der Waals surface area (Å²) in [5.41, 5.74) is 0. The fourth-order valence-corrected chi connectivity index (χ4v) is 1.52. The van der Waals surface area contributed by atoms with Crippen LogP contribution in [0.5, 0.6) is 0 Å². The fraction of sp³-hybridized carbons (Fsp3) is 1.00. The minimum atomic E-state index is 0.0694. The zero-order chi connectivity index (χ0) is 5.61. The second-order valence-corrected chi connectivity index (χ2v) is 2.76. The minimum absolute atomic E-state index is 0.0694. The lowest BCUT2D eigenvalue weighted by atomic mass is 10.4. The van der Waals surface area contributed by atoms with E-state index in [4.69, 9.17) is 0 Å². The maximum absolute atomic E-state index is 11.2. The molecule has 0 aliphatic carbocycles. The lowest BCUT2D eigenvalue weighted by Gasteiger charge is -2.33. The lowest BCUT2D eigenvalue weighted by Crippen LogP contribution is -2.38. The predicted octanol–water partition coefficient (Wildman–Crippen LogP) is -0.412. The van der Waals surface area contributed by atoms with Gasteiger partial charge in [0.2, 0.25) is 0 Å². The Kier molecular flexibility index (Phi) is 0.730. The van der Waals surface area contributed by atoms with Crippen molar-refractivity contribution in [1.29, 1.82) is 0 Å². The van der Waals surface area contributed by atoms with Crippen molar-refractivity contribution in [3.05, 3.63) is 5.21 Å². The number of quaternary nitrogens is 1. The number of piperazine rings is 1. The molecule has 46 valence electrons. The summed E-state index contributed by atoms with van der Waals surface area (Å²) >= 11 is 0. The molecule has 0 aromatic heterocycles. The second-order valence-electron chi connectivity index (χ2n) is 2.76. The highest BCUT2D eigenvalue weighted by Gasteiger charge is 2.35. The Morgan fingerprint density at radius 2 is 1.88 bits per heavy atom. The number of fused-ring (bicyclic) bond motifs is 2. The van der Waals surface area contributed by atoms with E-state index in [1.807, 2.05) is 0 Å². The standard InChI is InChI=1S/C5H10N2O/c8-7-3-1-6(5-7)2-4-7/h1-5H2. The van der Waals surface area contributed by atoms with Gasteiger partial charge in [-0.3, -0.25) is 0 Å². The third kappa shape index (κ3) is 0.491. The van der Waals surface area contributed by atoms with Crippen LogP contribution in [0.4, 0.5) is 0 Å². The van der Waals surface area contributed by atoms with Crippen molar-refractivity contribution in [2.75, 3.05) is 32.8 Å². The van der Waals surface area contributed by atoms with Crippen molar-refractivity contribution in [2.45, 2.75) is 0 Å². The summed E-state index contributed by atoms with van der Waals surface area (Å²) < 4.78 is 0.0694. The van der Waals surface area contributed by atoms with Crippen LogP contribution in [0, 0.1) is 5.21 Å². The second kappa shape index (κ2) is 1.23. The SMILES string of the molecule is [O-][N+]12CCN(CC1)C2. The zero-order valence-electron chi connectivity index (χ0n) is 4.84. The molecule has 2 fully saturated rings. The average Bonchev–Trinajstić information content (AvgIpc) is 2.21. The molecule has 0 N–H and O–H groups in total. The number of nitrogens with zero attached hydrogens (tertiary/aromatic N) is 2. The molecule has 2 saturated heterocycles. The van der Waals surface area contributed by atoms with Gasteiger partial charge >= 0.3 is 0 Å². The van der Waals surface area contributed by atoms with Crippen LogP contribution in [-0.4, -0.2) is 42.4 Å². The Morgan fingerprint density at radius 1 is 1.25 bits per heavy atom. The van der Waals surface area contributed by atoms with Crippen LogP contribution in [0.15, 0.2) is 0 Å². The number of hydrogen-bond acceptors (Lipinski definition) is 2. The highest BCUT2D eigenvalue weighted by molar-refractivity contribution is 4.69. The summed E-state index contributed by atoms with van der Waals surface area (Å²) in [7, 11) is 0. The van der Waals surface area contributed by atoms with Gasteiger partial charge in [-0.2, -0.15) is 0 Å². The normalized spacial score (nSPS) is 52.9. The Hall–Kier alpha value is -0.120. The van der Waals surface area contributed by atoms with Crippen LogP contribution in [0.2, 0.25) is 0 Å². The third-order valence-electron chi connectivity index (χ3n) is 2.11. The molecular formula is C5H10N2O. The molecule has 0 aromatic rings. The highest BCUT2D eigenvalue weighted by atomic mass is 16.6. The summed E-state index contributed by atoms with van der Waals surface area (Å²) in [6.07, 6.45) is 0. The maximum atomic E-state index is 11.2. The summed E-state index contributed by atoms with van der Waals surface area (Å²) in [4.78, 5) is 2.23. The zero-order valence-corrected chi connectivity index (χ0v) is 4.84. The third-order valence-corrected chi connectivity index (χ3v) is 2.11. The molecule has 0 amide bonds. The van der Waals surface area contributed by atoms with E-state index in [0.717, 1.165) is 32.8 Å². The molecule has 0 radical (unpaired) electrons. The van der Waals surface area contributed by atoms with Crippen LogP contribution in [0.1, 0.15) is 0 Å². The number of hydrogen-bond donors (Lipinski definition) is 0. The van der Waals surface area contributed by atoms with Crippen molar-refractivity contribution in [2.24, 2.45) is 0 Å². The van der Waals surface area contributed by atoms with E-state index in [-0.39, 0.29) is 4.65 Å². The van der Waals surface area contributed by atoms with Crippen LogP contribution in [0.3, 0.4) is 0 Å². The van der Waals surface area contributed by atoms with E-state index in [2.05, 4.69) is 4.90 Å². The van der Waals surface area contributed by atoms with Crippen LogP contribution >= 0.6 is 0 Å². The summed E-state index contributed by atoms with van der Waals surface area (Å²) in [6.45, 7) is 4.49. The van der Waals surface area contributed by atoms with Gasteiger partial charge in [0.15, 0.2) is 0 Å². The van der Waals surface area contributed by atoms with Crippen molar-refractivity contribution in [3.63, 3.8) is 0 Å². The quantitative estimate of drug-likeness (QED) is 0.316. The molecule has 2 heterocycles. The number of hydroxylamine groups is 3. The van der Waals surface area contributed by atoms with Gasteiger partial charge in [-0.15, -0.1) is 0 Å². The van der Waals surface area contributed by atoms with E-state index in [1.165, 1.54) is 0 Å². The molecule has 2 rings (SSSR count). The maximum Gasteiger partial charge on any atom is 0.135 e. The molecule has 0 unspecified atom stereocenters. The molecule has 3 heteroatoms. The van der Waals surface area contributed by atoms with E-state index >= 15 is 0 Å².